The van der Waals surface area contributed by atoms with Crippen molar-refractivity contribution in [2.45, 2.75) is 16.7 Å². The molecule has 1 rings (SSSR count). The van der Waals surface area contributed by atoms with Gasteiger partial charge in [-0.3, -0.25) is 10.0 Å². The average Bonchev–Trinajstić information content (AvgIpc) is 2.35. The summed E-state index contributed by atoms with van der Waals surface area (Å²) in [5, 5.41) is 19.9. The molecule has 22 heavy (non-hydrogen) atoms. The second-order valence-corrected chi connectivity index (χ2v) is 5.12. The van der Waals surface area contributed by atoms with Crippen molar-refractivity contribution in [2.75, 3.05) is 10.5 Å². The number of hydrogen-bond acceptors (Lipinski definition) is 4. The molecule has 0 spiro atoms. The van der Waals surface area contributed by atoms with Crippen molar-refractivity contribution in [1.82, 2.24) is 0 Å². The Hall–Kier alpha value is -1.53. The highest BCUT2D eigenvalue weighted by molar-refractivity contribution is 9.10. The molecule has 0 atom stereocenters. The molecule has 0 saturated heterocycles. The third kappa shape index (κ3) is 3.44. The van der Waals surface area contributed by atoms with E-state index in [0.717, 1.165) is 18.2 Å². The summed E-state index contributed by atoms with van der Waals surface area (Å²) in [6, 6.07) is 3.66. The smallest absolute Gasteiger partial charge is 0.421 e. The van der Waals surface area contributed by atoms with Crippen molar-refractivity contribution in [3.8, 4) is 0 Å². The molecule has 0 bridgehead atoms. The van der Waals surface area contributed by atoms with Gasteiger partial charge in [0, 0.05) is 5.69 Å². The van der Waals surface area contributed by atoms with Crippen molar-refractivity contribution in [3.05, 3.63) is 29.5 Å². The molecule has 1 amide bonds. The van der Waals surface area contributed by atoms with Crippen LogP contribution >= 0.6 is 15.9 Å². The van der Waals surface area contributed by atoms with E-state index in [2.05, 4.69) is 0 Å². The summed E-state index contributed by atoms with van der Waals surface area (Å²) in [6.07, 6.45) is -11.9. The number of benzene rings is 1. The second-order valence-electron chi connectivity index (χ2n) is 3.93. The first-order valence-electron chi connectivity index (χ1n) is 5.20. The number of amides is 1. The molecule has 0 aliphatic carbocycles. The first-order valence-corrected chi connectivity index (χ1v) is 6.00. The van der Waals surface area contributed by atoms with Crippen LogP contribution in [0.1, 0.15) is 0 Å². The van der Waals surface area contributed by atoms with Crippen LogP contribution in [0, 0.1) is 5.21 Å². The van der Waals surface area contributed by atoms with Crippen LogP contribution in [-0.2, 0) is 4.79 Å². The number of hydrogen-bond donors (Lipinski definition) is 2. The highest BCUT2D eigenvalue weighted by atomic mass is 79.9. The molecule has 0 fully saturated rings. The minimum atomic E-state index is -5.96. The van der Waals surface area contributed by atoms with Gasteiger partial charge in [0.05, 0.1) is 5.69 Å². The van der Waals surface area contributed by atoms with E-state index in [-0.39, 0.29) is 0 Å². The zero-order valence-corrected chi connectivity index (χ0v) is 11.8. The first kappa shape index (κ1) is 18.5. The maximum Gasteiger partial charge on any atom is 0.421 e. The van der Waals surface area contributed by atoms with Crippen molar-refractivity contribution in [2.24, 2.45) is 0 Å². The third-order valence-corrected chi connectivity index (χ3v) is 3.68. The van der Waals surface area contributed by atoms with E-state index in [9.17, 15) is 36.3 Å². The predicted octanol–water partition coefficient (Wildman–Crippen LogP) is 3.58. The quantitative estimate of drug-likeness (QED) is 0.466. The fraction of sp³-hybridized carbons (Fsp3) is 0.300. The van der Waals surface area contributed by atoms with Gasteiger partial charge >= 0.3 is 12.4 Å². The van der Waals surface area contributed by atoms with Gasteiger partial charge in [0.1, 0.15) is 0 Å². The summed E-state index contributed by atoms with van der Waals surface area (Å²) in [4.78, 5) is 11.5. The van der Waals surface area contributed by atoms with E-state index in [4.69, 9.17) is 5.21 Å². The molecule has 12 heteroatoms. The largest absolute Gasteiger partial charge is 0.733 e. The lowest BCUT2D eigenvalue weighted by Gasteiger charge is -2.30. The van der Waals surface area contributed by atoms with Crippen molar-refractivity contribution >= 4 is 33.2 Å². The molecular weight excluding hydrogens is 390 g/mol. The van der Waals surface area contributed by atoms with E-state index in [1.807, 2.05) is 0 Å². The van der Waals surface area contributed by atoms with E-state index in [0.29, 0.717) is 6.07 Å². The number of halogens is 7. The molecule has 0 unspecified atom stereocenters. The average molecular weight is 396 g/mol. The molecule has 124 valence electrons. The molecule has 0 aromatic heterocycles. The Morgan fingerprint density at radius 3 is 2.09 bits per heavy atom. The topological polar surface area (TPSA) is 75.6 Å². The Morgan fingerprint density at radius 1 is 1.18 bits per heavy atom. The lowest BCUT2D eigenvalue weighted by atomic mass is 10.1. The van der Waals surface area contributed by atoms with E-state index in [1.54, 1.807) is 0 Å². The molecule has 0 radical (unpaired) electrons. The SMILES string of the molecule is O=C(Nc1cccc(N([O-])O)c1)C(Br)(C(F)(F)F)C(F)(F)F. The summed E-state index contributed by atoms with van der Waals surface area (Å²) in [5.74, 6) is -2.44. The highest BCUT2D eigenvalue weighted by Crippen LogP contribution is 2.50. The van der Waals surface area contributed by atoms with Gasteiger partial charge in [-0.25, -0.2) is 0 Å². The molecule has 0 aliphatic rings. The number of anilines is 2. The molecular formula is C10H6BrF6N2O3-. The first-order chi connectivity index (χ1) is 9.80. The monoisotopic (exact) mass is 395 g/mol. The lowest BCUT2D eigenvalue weighted by Crippen LogP contribution is -2.59. The van der Waals surface area contributed by atoms with Gasteiger partial charge in [-0.15, -0.1) is 0 Å². The Bertz CT molecular complexity index is 546. The Labute approximate surface area is 127 Å². The summed E-state index contributed by atoms with van der Waals surface area (Å²) >= 11 is 1.41. The van der Waals surface area contributed by atoms with Crippen molar-refractivity contribution in [1.29, 1.82) is 0 Å². The van der Waals surface area contributed by atoms with Crippen LogP contribution in [0.15, 0.2) is 24.3 Å². The summed E-state index contributed by atoms with van der Waals surface area (Å²) in [5.41, 5.74) is -1.05. The number of carbonyl (C=O) groups excluding carboxylic acids is 1. The zero-order valence-electron chi connectivity index (χ0n) is 10.2. The van der Waals surface area contributed by atoms with Crippen LogP contribution in [0.2, 0.25) is 0 Å². The van der Waals surface area contributed by atoms with E-state index < -0.39 is 39.2 Å². The Kier molecular flexibility index (Phi) is 4.99. The van der Waals surface area contributed by atoms with Crippen LogP contribution in [0.3, 0.4) is 0 Å². The maximum absolute atomic E-state index is 12.6. The van der Waals surface area contributed by atoms with Crippen LogP contribution in [0.5, 0.6) is 0 Å². The van der Waals surface area contributed by atoms with Crippen LogP contribution in [-0.4, -0.2) is 27.8 Å². The zero-order chi connectivity index (χ0) is 17.3. The van der Waals surface area contributed by atoms with E-state index >= 15 is 0 Å². The van der Waals surface area contributed by atoms with Gasteiger partial charge in [0.2, 0.25) is 0 Å². The second kappa shape index (κ2) is 5.93. The van der Waals surface area contributed by atoms with Gasteiger partial charge in [-0.1, -0.05) is 22.0 Å². The molecule has 0 aliphatic heterocycles. The molecule has 0 saturated carbocycles. The van der Waals surface area contributed by atoms with Crippen LogP contribution in [0.25, 0.3) is 0 Å². The Balaban J connectivity index is 3.16. The van der Waals surface area contributed by atoms with Gasteiger partial charge < -0.3 is 15.8 Å². The minimum Gasteiger partial charge on any atom is -0.733 e. The molecule has 0 heterocycles. The molecule has 1 aromatic rings. The standard InChI is InChI=1S/C10H6BrF6N2O3/c11-8(9(12,13)14,10(15,16)17)7(20)18-5-2-1-3-6(4-5)19(21)22/h1-4,21H,(H,18,20)/q-1. The normalized spacial score (nSPS) is 13.0. The van der Waals surface area contributed by atoms with Crippen LogP contribution < -0.4 is 10.5 Å². The third-order valence-electron chi connectivity index (χ3n) is 2.42. The van der Waals surface area contributed by atoms with Gasteiger partial charge in [0.15, 0.2) is 0 Å². The summed E-state index contributed by atoms with van der Waals surface area (Å²) in [6.45, 7) is 0. The molecule has 1 aromatic carbocycles. The van der Waals surface area contributed by atoms with Crippen molar-refractivity contribution < 1.29 is 36.3 Å². The summed E-state index contributed by atoms with van der Waals surface area (Å²) in [7, 11) is 0. The number of rotatable bonds is 3. The van der Waals surface area contributed by atoms with Crippen LogP contribution in [0.4, 0.5) is 37.7 Å². The highest BCUT2D eigenvalue weighted by Gasteiger charge is 2.74. The Morgan fingerprint density at radius 2 is 1.68 bits per heavy atom. The number of nitrogens with one attached hydrogen (secondary N) is 1. The number of alkyl halides is 7. The number of nitrogens with zero attached hydrogens (tertiary/aromatic N) is 1. The minimum absolute atomic E-state index is 0.503. The molecule has 5 nitrogen and oxygen atoms in total. The predicted molar refractivity (Wildman–Crippen MR) is 66.5 cm³/mol. The van der Waals surface area contributed by atoms with E-state index in [1.165, 1.54) is 21.2 Å². The maximum atomic E-state index is 12.6. The molecule has 2 N–H and O–H groups in total. The fourth-order valence-corrected chi connectivity index (χ4v) is 1.44. The van der Waals surface area contributed by atoms with Crippen molar-refractivity contribution in [3.63, 3.8) is 0 Å². The summed E-state index contributed by atoms with van der Waals surface area (Å²) < 4.78 is 71.0. The van der Waals surface area contributed by atoms with Gasteiger partial charge in [-0.05, 0) is 18.2 Å². The lowest BCUT2D eigenvalue weighted by molar-refractivity contribution is -0.253. The van der Waals surface area contributed by atoms with Gasteiger partial charge in [-0.2, -0.15) is 26.3 Å². The fourth-order valence-electron chi connectivity index (χ4n) is 1.34. The van der Waals surface area contributed by atoms with Gasteiger partial charge in [0.25, 0.3) is 10.2 Å². The number of carbonyl (C=O) groups is 1.